The first-order valence-corrected chi connectivity index (χ1v) is 9.49. The van der Waals surface area contributed by atoms with Crippen molar-refractivity contribution in [2.75, 3.05) is 19.5 Å². The van der Waals surface area contributed by atoms with Crippen molar-refractivity contribution in [3.05, 3.63) is 59.0 Å². The summed E-state index contributed by atoms with van der Waals surface area (Å²) in [6.45, 7) is 4.33. The highest BCUT2D eigenvalue weighted by atomic mass is 32.1. The van der Waals surface area contributed by atoms with Gasteiger partial charge in [-0.05, 0) is 29.7 Å². The lowest BCUT2D eigenvalue weighted by Gasteiger charge is -2.09. The van der Waals surface area contributed by atoms with Gasteiger partial charge in [-0.15, -0.1) is 11.3 Å². The summed E-state index contributed by atoms with van der Waals surface area (Å²) in [5, 5.41) is 5.33. The Morgan fingerprint density at radius 3 is 2.37 bits per heavy atom. The Bertz CT molecular complexity index is 933. The van der Waals surface area contributed by atoms with Gasteiger partial charge < -0.3 is 9.47 Å². The average Bonchev–Trinajstić information content (AvgIpc) is 3.15. The third-order valence-electron chi connectivity index (χ3n) is 4.24. The molecule has 0 atom stereocenters. The molecular weight excluding hydrogens is 360 g/mol. The molecule has 3 rings (SSSR count). The van der Waals surface area contributed by atoms with E-state index in [0.717, 1.165) is 11.3 Å². The number of nitrogens with one attached hydrogen (secondary N) is 1. The number of hydrogen-bond donors (Lipinski definition) is 1. The molecular formula is C21H22N2O3S. The van der Waals surface area contributed by atoms with E-state index in [-0.39, 0.29) is 5.91 Å². The Hall–Kier alpha value is -2.86. The van der Waals surface area contributed by atoms with Gasteiger partial charge in [0.05, 0.1) is 19.9 Å². The topological polar surface area (TPSA) is 60.5 Å². The van der Waals surface area contributed by atoms with Gasteiger partial charge in [0, 0.05) is 16.5 Å². The maximum Gasteiger partial charge on any atom is 0.257 e. The number of carbonyl (C=O) groups excluding carboxylic acids is 1. The second kappa shape index (κ2) is 8.22. The third kappa shape index (κ3) is 4.28. The van der Waals surface area contributed by atoms with Gasteiger partial charge >= 0.3 is 0 Å². The molecule has 0 saturated heterocycles. The molecule has 1 aromatic heterocycles. The highest BCUT2D eigenvalue weighted by Crippen LogP contribution is 2.29. The number of ether oxygens (including phenoxy) is 2. The van der Waals surface area contributed by atoms with Crippen molar-refractivity contribution >= 4 is 22.4 Å². The summed E-state index contributed by atoms with van der Waals surface area (Å²) < 4.78 is 10.4. The predicted molar refractivity (Wildman–Crippen MR) is 109 cm³/mol. The molecule has 3 aromatic rings. The number of rotatable bonds is 6. The number of thiazole rings is 1. The van der Waals surface area contributed by atoms with Crippen molar-refractivity contribution in [3.8, 4) is 22.8 Å². The van der Waals surface area contributed by atoms with Crippen LogP contribution in [0.5, 0.6) is 11.5 Å². The van der Waals surface area contributed by atoms with Gasteiger partial charge in [-0.1, -0.05) is 38.1 Å². The molecule has 0 saturated carbocycles. The zero-order valence-electron chi connectivity index (χ0n) is 15.8. The first-order valence-electron chi connectivity index (χ1n) is 8.61. The maximum absolute atomic E-state index is 12.5. The summed E-state index contributed by atoms with van der Waals surface area (Å²) in [7, 11) is 3.10. The van der Waals surface area contributed by atoms with E-state index in [4.69, 9.17) is 9.47 Å². The first-order chi connectivity index (χ1) is 13.0. The fourth-order valence-electron chi connectivity index (χ4n) is 2.65. The van der Waals surface area contributed by atoms with Crippen LogP contribution in [0.25, 0.3) is 11.3 Å². The van der Waals surface area contributed by atoms with E-state index in [9.17, 15) is 4.79 Å². The molecule has 2 aromatic carbocycles. The lowest BCUT2D eigenvalue weighted by atomic mass is 10.0. The molecule has 27 heavy (non-hydrogen) atoms. The van der Waals surface area contributed by atoms with Crippen molar-refractivity contribution in [2.45, 2.75) is 19.8 Å². The van der Waals surface area contributed by atoms with E-state index in [2.05, 4.69) is 48.4 Å². The molecule has 0 bridgehead atoms. The Kier molecular flexibility index (Phi) is 5.76. The van der Waals surface area contributed by atoms with Crippen LogP contribution in [-0.4, -0.2) is 25.1 Å². The van der Waals surface area contributed by atoms with Crippen molar-refractivity contribution in [2.24, 2.45) is 0 Å². The summed E-state index contributed by atoms with van der Waals surface area (Å²) in [6, 6.07) is 13.4. The minimum absolute atomic E-state index is 0.244. The SMILES string of the molecule is COc1ccc(C(=O)Nc2nc(-c3ccc(C(C)C)cc3)cs2)cc1OC. The summed E-state index contributed by atoms with van der Waals surface area (Å²) in [5.74, 6) is 1.34. The van der Waals surface area contributed by atoms with Crippen LogP contribution in [0.2, 0.25) is 0 Å². The number of benzene rings is 2. The zero-order chi connectivity index (χ0) is 19.4. The molecule has 0 spiro atoms. The van der Waals surface area contributed by atoms with E-state index in [1.165, 1.54) is 24.0 Å². The quantitative estimate of drug-likeness (QED) is 0.636. The number of anilines is 1. The number of hydrogen-bond acceptors (Lipinski definition) is 5. The molecule has 5 nitrogen and oxygen atoms in total. The Morgan fingerprint density at radius 1 is 1.04 bits per heavy atom. The lowest BCUT2D eigenvalue weighted by Crippen LogP contribution is -2.12. The van der Waals surface area contributed by atoms with Crippen LogP contribution in [0, 0.1) is 0 Å². The fourth-order valence-corrected chi connectivity index (χ4v) is 3.36. The zero-order valence-corrected chi connectivity index (χ0v) is 16.6. The van der Waals surface area contributed by atoms with Crippen molar-refractivity contribution < 1.29 is 14.3 Å². The highest BCUT2D eigenvalue weighted by Gasteiger charge is 2.13. The van der Waals surface area contributed by atoms with Crippen LogP contribution in [0.4, 0.5) is 5.13 Å². The van der Waals surface area contributed by atoms with E-state index < -0.39 is 0 Å². The summed E-state index contributed by atoms with van der Waals surface area (Å²) in [4.78, 5) is 17.0. The summed E-state index contributed by atoms with van der Waals surface area (Å²) in [5.41, 5.74) is 3.64. The van der Waals surface area contributed by atoms with Crippen molar-refractivity contribution in [1.29, 1.82) is 0 Å². The molecule has 0 aliphatic rings. The molecule has 0 fully saturated rings. The van der Waals surface area contributed by atoms with Gasteiger partial charge in [-0.2, -0.15) is 0 Å². The molecule has 0 unspecified atom stereocenters. The molecule has 1 N–H and O–H groups in total. The third-order valence-corrected chi connectivity index (χ3v) is 5.00. The molecule has 140 valence electrons. The predicted octanol–water partition coefficient (Wildman–Crippen LogP) is 5.20. The molecule has 0 radical (unpaired) electrons. The molecule has 1 amide bonds. The van der Waals surface area contributed by atoms with Gasteiger partial charge in [-0.25, -0.2) is 4.98 Å². The minimum Gasteiger partial charge on any atom is -0.493 e. The minimum atomic E-state index is -0.244. The van der Waals surface area contributed by atoms with E-state index in [0.29, 0.717) is 28.1 Å². The second-order valence-corrected chi connectivity index (χ2v) is 7.20. The Labute approximate surface area is 163 Å². The van der Waals surface area contributed by atoms with Gasteiger partial charge in [0.1, 0.15) is 0 Å². The molecule has 0 aliphatic carbocycles. The first kappa shape index (κ1) is 18.9. The average molecular weight is 382 g/mol. The van der Waals surface area contributed by atoms with Crippen LogP contribution in [0.1, 0.15) is 35.7 Å². The van der Waals surface area contributed by atoms with E-state index >= 15 is 0 Å². The number of amides is 1. The number of methoxy groups -OCH3 is 2. The standard InChI is InChI=1S/C21H22N2O3S/c1-13(2)14-5-7-15(8-6-14)17-12-27-21(22-17)23-20(24)16-9-10-18(25-3)19(11-16)26-4/h5-13H,1-4H3,(H,22,23,24). The van der Waals surface area contributed by atoms with E-state index in [1.54, 1.807) is 25.3 Å². The number of aromatic nitrogens is 1. The molecule has 1 heterocycles. The highest BCUT2D eigenvalue weighted by molar-refractivity contribution is 7.14. The number of carbonyl (C=O) groups is 1. The fraction of sp³-hybridized carbons (Fsp3) is 0.238. The summed E-state index contributed by atoms with van der Waals surface area (Å²) >= 11 is 1.40. The van der Waals surface area contributed by atoms with E-state index in [1.807, 2.05) is 5.38 Å². The van der Waals surface area contributed by atoms with Gasteiger partial charge in [-0.3, -0.25) is 10.1 Å². The van der Waals surface area contributed by atoms with Crippen LogP contribution in [0.15, 0.2) is 47.8 Å². The maximum atomic E-state index is 12.5. The smallest absolute Gasteiger partial charge is 0.257 e. The van der Waals surface area contributed by atoms with Crippen molar-refractivity contribution in [3.63, 3.8) is 0 Å². The molecule has 0 aliphatic heterocycles. The van der Waals surface area contributed by atoms with Crippen LogP contribution in [-0.2, 0) is 0 Å². The normalized spacial score (nSPS) is 10.7. The molecule has 6 heteroatoms. The largest absolute Gasteiger partial charge is 0.493 e. The van der Waals surface area contributed by atoms with Crippen LogP contribution in [0.3, 0.4) is 0 Å². The second-order valence-electron chi connectivity index (χ2n) is 6.34. The summed E-state index contributed by atoms with van der Waals surface area (Å²) in [6.07, 6.45) is 0. The Balaban J connectivity index is 1.74. The van der Waals surface area contributed by atoms with Gasteiger partial charge in [0.25, 0.3) is 5.91 Å². The number of nitrogens with zero attached hydrogens (tertiary/aromatic N) is 1. The van der Waals surface area contributed by atoms with Gasteiger partial charge in [0.15, 0.2) is 16.6 Å². The van der Waals surface area contributed by atoms with Gasteiger partial charge in [0.2, 0.25) is 0 Å². The van der Waals surface area contributed by atoms with Crippen molar-refractivity contribution in [1.82, 2.24) is 4.98 Å². The lowest BCUT2D eigenvalue weighted by molar-refractivity contribution is 0.102. The Morgan fingerprint density at radius 2 is 1.74 bits per heavy atom. The van der Waals surface area contributed by atoms with Crippen LogP contribution >= 0.6 is 11.3 Å². The monoisotopic (exact) mass is 382 g/mol. The van der Waals surface area contributed by atoms with Crippen LogP contribution < -0.4 is 14.8 Å².